The number of nitrogens with two attached hydrogens (primary N) is 1. The molecule has 0 aromatic carbocycles. The zero-order valence-electron chi connectivity index (χ0n) is 12.8. The molecule has 0 bridgehead atoms. The smallest absolute Gasteiger partial charge is 0.0843 e. The van der Waals surface area contributed by atoms with Crippen LogP contribution in [0.25, 0.3) is 0 Å². The van der Waals surface area contributed by atoms with Gasteiger partial charge in [-0.2, -0.15) is 5.10 Å². The maximum atomic E-state index is 5.74. The Balaban J connectivity index is 2.85. The molecule has 5 heteroatoms. The van der Waals surface area contributed by atoms with Gasteiger partial charge in [-0.25, -0.2) is 0 Å². The molecule has 1 atom stereocenters. The second kappa shape index (κ2) is 7.03. The van der Waals surface area contributed by atoms with Crippen molar-refractivity contribution in [1.29, 1.82) is 0 Å². The molecule has 110 valence electrons. The quantitative estimate of drug-likeness (QED) is 0.559. The number of ether oxygens (including phenoxy) is 1. The van der Waals surface area contributed by atoms with E-state index in [-0.39, 0.29) is 11.6 Å². The molecule has 1 rings (SSSR count). The number of nitrogens with one attached hydrogen (secondary N) is 1. The van der Waals surface area contributed by atoms with Gasteiger partial charge in [-0.05, 0) is 32.8 Å². The highest BCUT2D eigenvalue weighted by Crippen LogP contribution is 2.26. The summed E-state index contributed by atoms with van der Waals surface area (Å²) in [6, 6.07) is 2.49. The molecule has 0 amide bonds. The minimum Gasteiger partial charge on any atom is -0.377 e. The Bertz CT molecular complexity index is 363. The van der Waals surface area contributed by atoms with Crippen LogP contribution in [0.3, 0.4) is 0 Å². The maximum absolute atomic E-state index is 5.74. The lowest BCUT2D eigenvalue weighted by Crippen LogP contribution is -2.55. The topological polar surface area (TPSA) is 65.1 Å². The van der Waals surface area contributed by atoms with Crippen molar-refractivity contribution in [2.24, 2.45) is 5.84 Å². The van der Waals surface area contributed by atoms with Crippen LogP contribution in [0.4, 0.5) is 0 Å². The van der Waals surface area contributed by atoms with Gasteiger partial charge in [0.15, 0.2) is 0 Å². The monoisotopic (exact) mass is 268 g/mol. The Kier molecular flexibility index (Phi) is 5.97. The molecule has 3 N–H and O–H groups in total. The Hall–Kier alpha value is -0.910. The van der Waals surface area contributed by atoms with Gasteiger partial charge in [0.05, 0.1) is 17.3 Å². The van der Waals surface area contributed by atoms with Gasteiger partial charge in [-0.15, -0.1) is 0 Å². The summed E-state index contributed by atoms with van der Waals surface area (Å²) in [5.41, 5.74) is 3.71. The molecule has 0 aliphatic heterocycles. The molecule has 1 heterocycles. The van der Waals surface area contributed by atoms with Gasteiger partial charge in [0.2, 0.25) is 0 Å². The van der Waals surface area contributed by atoms with Crippen LogP contribution in [0, 0.1) is 0 Å². The molecule has 0 aliphatic carbocycles. The van der Waals surface area contributed by atoms with Crippen LogP contribution in [0.15, 0.2) is 12.3 Å². The van der Waals surface area contributed by atoms with Gasteiger partial charge in [0.1, 0.15) is 0 Å². The Morgan fingerprint density at radius 2 is 2.05 bits per heavy atom. The van der Waals surface area contributed by atoms with Crippen LogP contribution >= 0.6 is 0 Å². The van der Waals surface area contributed by atoms with Gasteiger partial charge < -0.3 is 4.74 Å². The predicted molar refractivity (Wildman–Crippen MR) is 77.7 cm³/mol. The first-order chi connectivity index (χ1) is 9.02. The summed E-state index contributed by atoms with van der Waals surface area (Å²) in [6.07, 6.45) is 4.62. The van der Waals surface area contributed by atoms with E-state index in [1.807, 2.05) is 10.9 Å². The van der Waals surface area contributed by atoms with Crippen molar-refractivity contribution in [2.45, 2.75) is 64.6 Å². The summed E-state index contributed by atoms with van der Waals surface area (Å²) < 4.78 is 7.71. The highest BCUT2D eigenvalue weighted by Gasteiger charge is 2.35. The number of hydrogen-bond donors (Lipinski definition) is 2. The molecular formula is C14H28N4O. The van der Waals surface area contributed by atoms with Gasteiger partial charge in [0.25, 0.3) is 0 Å². The van der Waals surface area contributed by atoms with Gasteiger partial charge >= 0.3 is 0 Å². The second-order valence-electron chi connectivity index (χ2n) is 5.28. The predicted octanol–water partition coefficient (Wildman–Crippen LogP) is 2.04. The van der Waals surface area contributed by atoms with Crippen LogP contribution in [0.2, 0.25) is 0 Å². The normalized spacial score (nSPS) is 14.1. The minimum atomic E-state index is -0.240. The Morgan fingerprint density at radius 3 is 2.42 bits per heavy atom. The molecule has 0 spiro atoms. The fourth-order valence-corrected chi connectivity index (χ4v) is 2.55. The van der Waals surface area contributed by atoms with Gasteiger partial charge in [0, 0.05) is 25.8 Å². The van der Waals surface area contributed by atoms with Crippen molar-refractivity contribution in [3.63, 3.8) is 0 Å². The largest absolute Gasteiger partial charge is 0.377 e. The fraction of sp³-hybridized carbons (Fsp3) is 0.786. The number of aromatic nitrogens is 2. The van der Waals surface area contributed by atoms with Gasteiger partial charge in [-0.3, -0.25) is 16.0 Å². The van der Waals surface area contributed by atoms with Crippen molar-refractivity contribution in [1.82, 2.24) is 15.2 Å². The number of hydrogen-bond acceptors (Lipinski definition) is 4. The summed E-state index contributed by atoms with van der Waals surface area (Å²) in [5.74, 6) is 5.74. The third-order valence-electron chi connectivity index (χ3n) is 4.05. The molecule has 1 aromatic heterocycles. The third kappa shape index (κ3) is 3.55. The van der Waals surface area contributed by atoms with Crippen LogP contribution < -0.4 is 11.3 Å². The van der Waals surface area contributed by atoms with E-state index in [1.165, 1.54) is 0 Å². The van der Waals surface area contributed by atoms with E-state index in [0.717, 1.165) is 25.0 Å². The molecule has 0 saturated heterocycles. The van der Waals surface area contributed by atoms with Crippen molar-refractivity contribution >= 4 is 0 Å². The first-order valence-corrected chi connectivity index (χ1v) is 7.08. The maximum Gasteiger partial charge on any atom is 0.0843 e. The summed E-state index contributed by atoms with van der Waals surface area (Å²) >= 11 is 0. The van der Waals surface area contributed by atoms with E-state index >= 15 is 0 Å². The first-order valence-electron chi connectivity index (χ1n) is 7.08. The van der Waals surface area contributed by atoms with Crippen molar-refractivity contribution in [2.75, 3.05) is 7.11 Å². The SMILES string of the molecule is CCC(CC)(OC)C(Cc1ccn(C(C)C)n1)NN. The molecule has 1 unspecified atom stereocenters. The Labute approximate surface area is 116 Å². The summed E-state index contributed by atoms with van der Waals surface area (Å²) in [4.78, 5) is 0. The molecular weight excluding hydrogens is 240 g/mol. The number of nitrogens with zero attached hydrogens (tertiary/aromatic N) is 2. The second-order valence-corrected chi connectivity index (χ2v) is 5.28. The molecule has 0 radical (unpaired) electrons. The molecule has 5 nitrogen and oxygen atoms in total. The summed E-state index contributed by atoms with van der Waals surface area (Å²) in [7, 11) is 1.75. The van der Waals surface area contributed by atoms with E-state index < -0.39 is 0 Å². The third-order valence-corrected chi connectivity index (χ3v) is 4.05. The average Bonchev–Trinajstić information content (AvgIpc) is 2.88. The zero-order chi connectivity index (χ0) is 14.5. The number of methoxy groups -OCH3 is 1. The van der Waals surface area contributed by atoms with E-state index in [4.69, 9.17) is 10.6 Å². The highest BCUT2D eigenvalue weighted by molar-refractivity contribution is 5.06. The van der Waals surface area contributed by atoms with E-state index in [0.29, 0.717) is 6.04 Å². The van der Waals surface area contributed by atoms with Crippen LogP contribution in [0.5, 0.6) is 0 Å². The first kappa shape index (κ1) is 16.1. The zero-order valence-corrected chi connectivity index (χ0v) is 12.8. The van der Waals surface area contributed by atoms with Crippen molar-refractivity contribution in [3.05, 3.63) is 18.0 Å². The van der Waals surface area contributed by atoms with Gasteiger partial charge in [-0.1, -0.05) is 13.8 Å². The van der Waals surface area contributed by atoms with Crippen LogP contribution in [-0.4, -0.2) is 28.5 Å². The lowest BCUT2D eigenvalue weighted by molar-refractivity contribution is -0.0475. The van der Waals surface area contributed by atoms with E-state index in [1.54, 1.807) is 7.11 Å². The minimum absolute atomic E-state index is 0.0583. The fourth-order valence-electron chi connectivity index (χ4n) is 2.55. The lowest BCUT2D eigenvalue weighted by atomic mass is 9.86. The van der Waals surface area contributed by atoms with Crippen LogP contribution in [0.1, 0.15) is 52.3 Å². The Morgan fingerprint density at radius 1 is 1.42 bits per heavy atom. The number of hydrazine groups is 1. The van der Waals surface area contributed by atoms with E-state index in [2.05, 4.69) is 44.3 Å². The molecule has 19 heavy (non-hydrogen) atoms. The van der Waals surface area contributed by atoms with E-state index in [9.17, 15) is 0 Å². The summed E-state index contributed by atoms with van der Waals surface area (Å²) in [6.45, 7) is 8.49. The highest BCUT2D eigenvalue weighted by atomic mass is 16.5. The summed E-state index contributed by atoms with van der Waals surface area (Å²) in [5, 5.41) is 4.58. The van der Waals surface area contributed by atoms with Crippen molar-refractivity contribution in [3.8, 4) is 0 Å². The molecule has 0 fully saturated rings. The average molecular weight is 268 g/mol. The molecule has 1 aromatic rings. The van der Waals surface area contributed by atoms with Crippen molar-refractivity contribution < 1.29 is 4.74 Å². The molecule has 0 aliphatic rings. The lowest BCUT2D eigenvalue weighted by Gasteiger charge is -2.37. The number of rotatable bonds is 8. The van der Waals surface area contributed by atoms with Crippen LogP contribution in [-0.2, 0) is 11.2 Å². The standard InChI is InChI=1S/C14H28N4O/c1-6-14(7-2,19-5)13(16-15)10-12-8-9-18(17-12)11(3)4/h8-9,11,13,16H,6-7,10,15H2,1-5H3. The molecule has 0 saturated carbocycles.